The third-order valence-electron chi connectivity index (χ3n) is 2.45. The molecule has 0 fully saturated rings. The highest BCUT2D eigenvalue weighted by atomic mass is 16.2. The van der Waals surface area contributed by atoms with Crippen molar-refractivity contribution in [1.29, 1.82) is 0 Å². The molecule has 1 aromatic rings. The number of nitrogens with two attached hydrogens (primary N) is 1. The Morgan fingerprint density at radius 1 is 1.40 bits per heavy atom. The molecule has 0 radical (unpaired) electrons. The van der Waals surface area contributed by atoms with E-state index in [2.05, 4.69) is 0 Å². The van der Waals surface area contributed by atoms with Crippen LogP contribution in [-0.4, -0.2) is 19.0 Å². The molecule has 0 aliphatic heterocycles. The van der Waals surface area contributed by atoms with Gasteiger partial charge in [-0.25, -0.2) is 0 Å². The molecule has 0 spiro atoms. The Balaban J connectivity index is 3.11. The summed E-state index contributed by atoms with van der Waals surface area (Å²) < 4.78 is 0. The summed E-state index contributed by atoms with van der Waals surface area (Å²) in [4.78, 5) is 13.3. The summed E-state index contributed by atoms with van der Waals surface area (Å²) in [6.07, 6.45) is 0. The summed E-state index contributed by atoms with van der Waals surface area (Å²) in [6, 6.07) is 6.09. The van der Waals surface area contributed by atoms with E-state index in [0.717, 1.165) is 16.8 Å². The Hall–Kier alpha value is -1.35. The molecule has 0 saturated carbocycles. The van der Waals surface area contributed by atoms with Crippen LogP contribution in [0, 0.1) is 13.8 Å². The number of amides is 1. The van der Waals surface area contributed by atoms with Crippen LogP contribution >= 0.6 is 0 Å². The Morgan fingerprint density at radius 2 is 2.07 bits per heavy atom. The number of carbonyl (C=O) groups excluding carboxylic acids is 1. The standard InChI is InChI=1S/C12H18N2O/c1-4-14(12(15)8-13)11-7-9(2)5-6-10(11)3/h5-7H,4,8,13H2,1-3H3. The monoisotopic (exact) mass is 206 g/mol. The first-order valence-corrected chi connectivity index (χ1v) is 5.17. The van der Waals surface area contributed by atoms with Crippen LogP contribution in [0.4, 0.5) is 5.69 Å². The lowest BCUT2D eigenvalue weighted by Gasteiger charge is -2.22. The van der Waals surface area contributed by atoms with Crippen molar-refractivity contribution in [3.63, 3.8) is 0 Å². The van der Waals surface area contributed by atoms with Gasteiger partial charge in [0, 0.05) is 12.2 Å². The smallest absolute Gasteiger partial charge is 0.240 e. The van der Waals surface area contributed by atoms with Gasteiger partial charge in [-0.2, -0.15) is 0 Å². The van der Waals surface area contributed by atoms with Crippen molar-refractivity contribution < 1.29 is 4.79 Å². The number of carbonyl (C=O) groups is 1. The average molecular weight is 206 g/mol. The Labute approximate surface area is 90.9 Å². The largest absolute Gasteiger partial charge is 0.322 e. The third-order valence-corrected chi connectivity index (χ3v) is 2.45. The minimum Gasteiger partial charge on any atom is -0.322 e. The summed E-state index contributed by atoms with van der Waals surface area (Å²) in [5.41, 5.74) is 8.60. The molecule has 0 unspecified atom stereocenters. The van der Waals surface area contributed by atoms with Crippen molar-refractivity contribution in [3.8, 4) is 0 Å². The van der Waals surface area contributed by atoms with Crippen molar-refractivity contribution in [3.05, 3.63) is 29.3 Å². The topological polar surface area (TPSA) is 46.3 Å². The summed E-state index contributed by atoms with van der Waals surface area (Å²) in [6.45, 7) is 6.68. The summed E-state index contributed by atoms with van der Waals surface area (Å²) in [5.74, 6) is -0.0359. The SMILES string of the molecule is CCN(C(=O)CN)c1cc(C)ccc1C. The van der Waals surface area contributed by atoms with Crippen molar-refractivity contribution >= 4 is 11.6 Å². The number of hydrogen-bond donors (Lipinski definition) is 1. The highest BCUT2D eigenvalue weighted by molar-refractivity contribution is 5.95. The van der Waals surface area contributed by atoms with E-state index in [1.807, 2.05) is 39.0 Å². The van der Waals surface area contributed by atoms with Crippen LogP contribution in [-0.2, 0) is 4.79 Å². The van der Waals surface area contributed by atoms with Crippen LogP contribution in [0.3, 0.4) is 0 Å². The van der Waals surface area contributed by atoms with Crippen LogP contribution in [0.1, 0.15) is 18.1 Å². The molecule has 0 saturated heterocycles. The average Bonchev–Trinajstić information content (AvgIpc) is 2.23. The lowest BCUT2D eigenvalue weighted by Crippen LogP contribution is -2.36. The molecular formula is C12H18N2O. The van der Waals surface area contributed by atoms with Gasteiger partial charge in [0.25, 0.3) is 0 Å². The molecule has 15 heavy (non-hydrogen) atoms. The maximum absolute atomic E-state index is 11.6. The molecule has 0 aliphatic carbocycles. The van der Waals surface area contributed by atoms with Gasteiger partial charge in [0.15, 0.2) is 0 Å². The first-order chi connectivity index (χ1) is 7.10. The van der Waals surface area contributed by atoms with Gasteiger partial charge >= 0.3 is 0 Å². The van der Waals surface area contributed by atoms with E-state index in [0.29, 0.717) is 6.54 Å². The van der Waals surface area contributed by atoms with Crippen molar-refractivity contribution in [1.82, 2.24) is 0 Å². The molecule has 0 bridgehead atoms. The number of nitrogens with zero attached hydrogens (tertiary/aromatic N) is 1. The first kappa shape index (κ1) is 11.7. The summed E-state index contributed by atoms with van der Waals surface area (Å²) in [7, 11) is 0. The molecule has 1 rings (SSSR count). The number of rotatable bonds is 3. The minimum atomic E-state index is -0.0359. The number of aryl methyl sites for hydroxylation is 2. The van der Waals surface area contributed by atoms with Gasteiger partial charge in [-0.15, -0.1) is 0 Å². The Kier molecular flexibility index (Phi) is 3.86. The van der Waals surface area contributed by atoms with E-state index in [9.17, 15) is 4.79 Å². The molecule has 0 aliphatic rings. The lowest BCUT2D eigenvalue weighted by molar-refractivity contribution is -0.117. The summed E-state index contributed by atoms with van der Waals surface area (Å²) in [5, 5.41) is 0. The van der Waals surface area contributed by atoms with Crippen molar-refractivity contribution in [2.75, 3.05) is 18.0 Å². The van der Waals surface area contributed by atoms with Crippen LogP contribution in [0.5, 0.6) is 0 Å². The van der Waals surface area contributed by atoms with Gasteiger partial charge in [0.2, 0.25) is 5.91 Å². The zero-order chi connectivity index (χ0) is 11.4. The maximum atomic E-state index is 11.6. The molecule has 1 amide bonds. The van der Waals surface area contributed by atoms with Gasteiger partial charge in [-0.05, 0) is 38.0 Å². The number of benzene rings is 1. The fourth-order valence-electron chi connectivity index (χ4n) is 1.60. The second kappa shape index (κ2) is 4.94. The number of hydrogen-bond acceptors (Lipinski definition) is 2. The number of anilines is 1. The molecule has 0 aromatic heterocycles. The van der Waals surface area contributed by atoms with Crippen LogP contribution in [0.2, 0.25) is 0 Å². The molecule has 1 aromatic carbocycles. The van der Waals surface area contributed by atoms with E-state index in [1.165, 1.54) is 0 Å². The zero-order valence-corrected chi connectivity index (χ0v) is 9.58. The molecular weight excluding hydrogens is 188 g/mol. The van der Waals surface area contributed by atoms with E-state index in [4.69, 9.17) is 5.73 Å². The fraction of sp³-hybridized carbons (Fsp3) is 0.417. The second-order valence-corrected chi connectivity index (χ2v) is 3.63. The van der Waals surface area contributed by atoms with Gasteiger partial charge in [0.1, 0.15) is 0 Å². The minimum absolute atomic E-state index is 0.0359. The predicted molar refractivity (Wildman–Crippen MR) is 63.0 cm³/mol. The molecule has 82 valence electrons. The fourth-order valence-corrected chi connectivity index (χ4v) is 1.60. The second-order valence-electron chi connectivity index (χ2n) is 3.63. The predicted octanol–water partition coefficient (Wildman–Crippen LogP) is 1.62. The highest BCUT2D eigenvalue weighted by Gasteiger charge is 2.13. The molecule has 3 heteroatoms. The van der Waals surface area contributed by atoms with E-state index < -0.39 is 0 Å². The van der Waals surface area contributed by atoms with Gasteiger partial charge in [-0.3, -0.25) is 4.79 Å². The van der Waals surface area contributed by atoms with E-state index >= 15 is 0 Å². The molecule has 2 N–H and O–H groups in total. The third kappa shape index (κ3) is 2.57. The maximum Gasteiger partial charge on any atom is 0.240 e. The van der Waals surface area contributed by atoms with Crippen molar-refractivity contribution in [2.24, 2.45) is 5.73 Å². The van der Waals surface area contributed by atoms with E-state index in [-0.39, 0.29) is 12.5 Å². The highest BCUT2D eigenvalue weighted by Crippen LogP contribution is 2.21. The lowest BCUT2D eigenvalue weighted by atomic mass is 10.1. The van der Waals surface area contributed by atoms with Crippen LogP contribution in [0.25, 0.3) is 0 Å². The van der Waals surface area contributed by atoms with Crippen molar-refractivity contribution in [2.45, 2.75) is 20.8 Å². The normalized spacial score (nSPS) is 10.1. The Morgan fingerprint density at radius 3 is 2.60 bits per heavy atom. The number of likely N-dealkylation sites (N-methyl/N-ethyl adjacent to an activating group) is 1. The first-order valence-electron chi connectivity index (χ1n) is 5.17. The molecule has 0 atom stereocenters. The molecule has 3 nitrogen and oxygen atoms in total. The van der Waals surface area contributed by atoms with E-state index in [1.54, 1.807) is 4.90 Å². The quantitative estimate of drug-likeness (QED) is 0.816. The Bertz CT molecular complexity index is 361. The van der Waals surface area contributed by atoms with Gasteiger partial charge < -0.3 is 10.6 Å². The molecule has 0 heterocycles. The summed E-state index contributed by atoms with van der Waals surface area (Å²) >= 11 is 0. The van der Waals surface area contributed by atoms with Crippen LogP contribution < -0.4 is 10.6 Å². The van der Waals surface area contributed by atoms with Gasteiger partial charge in [-0.1, -0.05) is 12.1 Å². The zero-order valence-electron chi connectivity index (χ0n) is 9.58. The van der Waals surface area contributed by atoms with Gasteiger partial charge in [0.05, 0.1) is 6.54 Å². The van der Waals surface area contributed by atoms with Crippen LogP contribution in [0.15, 0.2) is 18.2 Å².